The molecule has 5 rings (SSSR count). The van der Waals surface area contributed by atoms with Crippen LogP contribution >= 0.6 is 0 Å². The predicted octanol–water partition coefficient (Wildman–Crippen LogP) is 4.40. The molecule has 0 bridgehead atoms. The van der Waals surface area contributed by atoms with Crippen molar-refractivity contribution in [3.8, 4) is 0 Å². The maximum atomic E-state index is 13.0. The van der Waals surface area contributed by atoms with Gasteiger partial charge in [-0.05, 0) is 41.4 Å². The zero-order valence-corrected chi connectivity index (χ0v) is 16.9. The van der Waals surface area contributed by atoms with Gasteiger partial charge in [0.1, 0.15) is 6.23 Å². The van der Waals surface area contributed by atoms with Gasteiger partial charge in [0.15, 0.2) is 5.78 Å². The van der Waals surface area contributed by atoms with Crippen molar-refractivity contribution >= 4 is 5.78 Å². The minimum Gasteiger partial charge on any atom is -0.358 e. The molecule has 0 amide bonds. The summed E-state index contributed by atoms with van der Waals surface area (Å²) in [4.78, 5) is 15.5. The summed E-state index contributed by atoms with van der Waals surface area (Å²) >= 11 is 0. The van der Waals surface area contributed by atoms with Crippen molar-refractivity contribution in [1.82, 2.24) is 4.90 Å². The molecule has 1 saturated carbocycles. The molecular weight excluding hydrogens is 334 g/mol. The molecule has 3 fully saturated rings. The third kappa shape index (κ3) is 2.37. The molecule has 27 heavy (non-hydrogen) atoms. The fourth-order valence-corrected chi connectivity index (χ4v) is 6.44. The normalized spacial score (nSPS) is 43.0. The van der Waals surface area contributed by atoms with E-state index in [4.69, 9.17) is 4.74 Å². The van der Waals surface area contributed by atoms with Crippen molar-refractivity contribution < 1.29 is 9.53 Å². The first-order valence-corrected chi connectivity index (χ1v) is 10.5. The summed E-state index contributed by atoms with van der Waals surface area (Å²) < 4.78 is 6.95. The topological polar surface area (TPSA) is 29.5 Å². The van der Waals surface area contributed by atoms with Gasteiger partial charge in [0.05, 0.1) is 12.0 Å². The average molecular weight is 366 g/mol. The van der Waals surface area contributed by atoms with Gasteiger partial charge in [-0.3, -0.25) is 9.69 Å². The van der Waals surface area contributed by atoms with Gasteiger partial charge >= 0.3 is 0 Å². The molecule has 2 aliphatic carbocycles. The van der Waals surface area contributed by atoms with Crippen LogP contribution < -0.4 is 0 Å². The van der Waals surface area contributed by atoms with Crippen molar-refractivity contribution in [2.75, 3.05) is 13.1 Å². The highest BCUT2D eigenvalue weighted by atomic mass is 16.5. The van der Waals surface area contributed by atoms with E-state index < -0.39 is 0 Å². The smallest absolute Gasteiger partial charge is 0.164 e. The number of nitrogens with zero attached hydrogens (tertiary/aromatic N) is 1. The number of hydrogen-bond acceptors (Lipinski definition) is 3. The van der Waals surface area contributed by atoms with Gasteiger partial charge in [-0.25, -0.2) is 0 Å². The first kappa shape index (κ1) is 17.6. The molecule has 0 spiro atoms. The van der Waals surface area contributed by atoms with E-state index >= 15 is 0 Å². The molecule has 4 unspecified atom stereocenters. The molecule has 3 heteroatoms. The van der Waals surface area contributed by atoms with Crippen LogP contribution in [0.4, 0.5) is 0 Å². The van der Waals surface area contributed by atoms with E-state index in [2.05, 4.69) is 44.7 Å². The molecule has 1 aromatic rings. The molecule has 2 saturated heterocycles. The SMILES string of the molecule is CC1CCC(C)(C)C2OC3N(CC4=CC(=O)[C@@H](c5ccccc5)[C@]43C)CC12. The minimum absolute atomic E-state index is 0.00577. The number of benzene rings is 1. The Kier molecular flexibility index (Phi) is 3.77. The Bertz CT molecular complexity index is 798. The first-order chi connectivity index (χ1) is 12.8. The second-order valence-corrected chi connectivity index (χ2v) is 10.2. The molecule has 1 aromatic carbocycles. The second-order valence-electron chi connectivity index (χ2n) is 10.2. The highest BCUT2D eigenvalue weighted by Gasteiger charge is 2.62. The molecule has 0 aromatic heterocycles. The van der Waals surface area contributed by atoms with Crippen molar-refractivity contribution in [3.63, 3.8) is 0 Å². The predicted molar refractivity (Wildman–Crippen MR) is 106 cm³/mol. The van der Waals surface area contributed by atoms with E-state index in [1.54, 1.807) is 0 Å². The number of carbonyl (C=O) groups excluding carboxylic acids is 1. The summed E-state index contributed by atoms with van der Waals surface area (Å²) in [5.41, 5.74) is 2.35. The summed E-state index contributed by atoms with van der Waals surface area (Å²) in [5, 5.41) is 0. The van der Waals surface area contributed by atoms with E-state index in [1.165, 1.54) is 18.4 Å². The summed E-state index contributed by atoms with van der Waals surface area (Å²) in [6, 6.07) is 10.3. The van der Waals surface area contributed by atoms with Crippen LogP contribution in [0.15, 0.2) is 42.0 Å². The summed E-state index contributed by atoms with van der Waals surface area (Å²) in [5.74, 6) is 1.43. The fraction of sp³-hybridized carbons (Fsp3) is 0.625. The zero-order valence-electron chi connectivity index (χ0n) is 16.9. The molecule has 0 N–H and O–H groups in total. The largest absolute Gasteiger partial charge is 0.358 e. The lowest BCUT2D eigenvalue weighted by atomic mass is 9.64. The van der Waals surface area contributed by atoms with Crippen LogP contribution in [0.3, 0.4) is 0 Å². The average Bonchev–Trinajstić information content (AvgIpc) is 3.04. The Morgan fingerprint density at radius 1 is 1.15 bits per heavy atom. The highest BCUT2D eigenvalue weighted by molar-refractivity contribution is 6.00. The number of allylic oxidation sites excluding steroid dienone is 1. The Morgan fingerprint density at radius 3 is 2.63 bits per heavy atom. The van der Waals surface area contributed by atoms with Gasteiger partial charge in [0, 0.05) is 24.4 Å². The van der Waals surface area contributed by atoms with Gasteiger partial charge < -0.3 is 4.74 Å². The number of carbonyl (C=O) groups is 1. The fourth-order valence-electron chi connectivity index (χ4n) is 6.44. The van der Waals surface area contributed by atoms with Gasteiger partial charge in [-0.1, -0.05) is 58.0 Å². The zero-order chi connectivity index (χ0) is 19.0. The van der Waals surface area contributed by atoms with E-state index in [-0.39, 0.29) is 34.9 Å². The van der Waals surface area contributed by atoms with Crippen LogP contribution in [0.25, 0.3) is 0 Å². The van der Waals surface area contributed by atoms with Crippen LogP contribution in [0, 0.1) is 22.7 Å². The molecule has 0 radical (unpaired) electrons. The number of fused-ring (bicyclic) bond motifs is 4. The molecule has 3 nitrogen and oxygen atoms in total. The van der Waals surface area contributed by atoms with Crippen molar-refractivity contribution in [2.45, 2.75) is 58.8 Å². The quantitative estimate of drug-likeness (QED) is 0.739. The van der Waals surface area contributed by atoms with Crippen LogP contribution in [0.2, 0.25) is 0 Å². The van der Waals surface area contributed by atoms with Crippen LogP contribution in [0.1, 0.15) is 52.0 Å². The lowest BCUT2D eigenvalue weighted by molar-refractivity contribution is -0.235. The minimum atomic E-state index is -0.250. The summed E-state index contributed by atoms with van der Waals surface area (Å²) in [7, 11) is 0. The Balaban J connectivity index is 1.54. The van der Waals surface area contributed by atoms with E-state index in [0.29, 0.717) is 11.8 Å². The summed E-state index contributed by atoms with van der Waals surface area (Å²) in [6.45, 7) is 11.4. The number of hydrogen-bond donors (Lipinski definition) is 0. The van der Waals surface area contributed by atoms with E-state index in [9.17, 15) is 4.79 Å². The van der Waals surface area contributed by atoms with Crippen LogP contribution in [0.5, 0.6) is 0 Å². The number of ketones is 1. The van der Waals surface area contributed by atoms with Gasteiger partial charge in [-0.2, -0.15) is 0 Å². The highest BCUT2D eigenvalue weighted by Crippen LogP contribution is 2.59. The van der Waals surface area contributed by atoms with Gasteiger partial charge in [-0.15, -0.1) is 0 Å². The van der Waals surface area contributed by atoms with Crippen molar-refractivity contribution in [3.05, 3.63) is 47.5 Å². The molecular formula is C24H31NO2. The Hall–Kier alpha value is -1.45. The molecule has 2 heterocycles. The Morgan fingerprint density at radius 2 is 1.89 bits per heavy atom. The number of ether oxygens (including phenoxy) is 1. The van der Waals surface area contributed by atoms with Crippen LogP contribution in [-0.4, -0.2) is 36.1 Å². The van der Waals surface area contributed by atoms with Gasteiger partial charge in [0.2, 0.25) is 0 Å². The third-order valence-corrected chi connectivity index (χ3v) is 8.10. The third-order valence-electron chi connectivity index (χ3n) is 8.10. The maximum absolute atomic E-state index is 13.0. The molecule has 6 atom stereocenters. The van der Waals surface area contributed by atoms with Crippen LogP contribution in [-0.2, 0) is 9.53 Å². The van der Waals surface area contributed by atoms with Gasteiger partial charge in [0.25, 0.3) is 0 Å². The van der Waals surface area contributed by atoms with Crippen molar-refractivity contribution in [1.29, 1.82) is 0 Å². The molecule has 2 aliphatic heterocycles. The van der Waals surface area contributed by atoms with E-state index in [1.807, 2.05) is 24.3 Å². The van der Waals surface area contributed by atoms with Crippen molar-refractivity contribution in [2.24, 2.45) is 22.7 Å². The molecule has 144 valence electrons. The number of rotatable bonds is 1. The maximum Gasteiger partial charge on any atom is 0.164 e. The van der Waals surface area contributed by atoms with E-state index in [0.717, 1.165) is 18.7 Å². The lowest BCUT2D eigenvalue weighted by Gasteiger charge is -2.55. The first-order valence-electron chi connectivity index (χ1n) is 10.5. The Labute approximate surface area is 162 Å². The summed E-state index contributed by atoms with van der Waals surface area (Å²) in [6.07, 6.45) is 4.73. The second kappa shape index (κ2) is 5.78. The monoisotopic (exact) mass is 365 g/mol. The molecule has 4 aliphatic rings. The standard InChI is InChI=1S/C24H31NO2/c1-15-10-11-23(2,3)21-18(15)14-25-13-17-12-19(26)20(16-8-6-5-7-9-16)24(17,4)22(25)27-21/h5-9,12,15,18,20-22H,10-11,13-14H2,1-4H3/t15?,18?,20-,21?,22?,24+/m1/s1. The lowest BCUT2D eigenvalue weighted by Crippen LogP contribution is -2.60.